The van der Waals surface area contributed by atoms with Gasteiger partial charge < -0.3 is 35.7 Å². The summed E-state index contributed by atoms with van der Waals surface area (Å²) < 4.78 is 6.42. The number of ether oxygens (including phenoxy) is 1. The Morgan fingerprint density at radius 3 is 2.50 bits per heavy atom. The van der Waals surface area contributed by atoms with Gasteiger partial charge >= 0.3 is 6.09 Å². The van der Waals surface area contributed by atoms with E-state index in [1.807, 2.05) is 38.1 Å². The first-order valence-electron chi connectivity index (χ1n) is 12.8. The monoisotopic (exact) mass is 600 g/mol. The van der Waals surface area contributed by atoms with Gasteiger partial charge in [0.15, 0.2) is 0 Å². The maximum atomic E-state index is 13.5. The number of carbonyl (C=O) groups excluding carboxylic acids is 3. The number of hydrogen-bond donors (Lipinski definition) is 4. The Balaban J connectivity index is 0.00000400. The second kappa shape index (κ2) is 14.7. The van der Waals surface area contributed by atoms with Crippen LogP contribution in [0.1, 0.15) is 46.1 Å². The highest BCUT2D eigenvalue weighted by Crippen LogP contribution is 2.32. The zero-order valence-corrected chi connectivity index (χ0v) is 25.3. The number of para-hydroxylation sites is 1. The number of anilines is 1. The van der Waals surface area contributed by atoms with Gasteiger partial charge in [0, 0.05) is 43.6 Å². The lowest BCUT2D eigenvalue weighted by Crippen LogP contribution is -2.51. The molecule has 0 aliphatic carbocycles. The highest BCUT2D eigenvalue weighted by atomic mass is 35.5. The van der Waals surface area contributed by atoms with Crippen LogP contribution in [-0.4, -0.2) is 71.0 Å². The van der Waals surface area contributed by atoms with Gasteiger partial charge in [-0.25, -0.2) is 9.78 Å². The van der Waals surface area contributed by atoms with E-state index >= 15 is 0 Å². The number of hydrogen-bond acceptors (Lipinski definition) is 7. The molecule has 1 unspecified atom stereocenters. The van der Waals surface area contributed by atoms with E-state index in [-0.39, 0.29) is 55.6 Å². The van der Waals surface area contributed by atoms with Crippen molar-refractivity contribution in [3.8, 4) is 0 Å². The zero-order valence-electron chi connectivity index (χ0n) is 23.6. The first-order chi connectivity index (χ1) is 17.8. The Morgan fingerprint density at radius 2 is 1.88 bits per heavy atom. The summed E-state index contributed by atoms with van der Waals surface area (Å²) in [5.41, 5.74) is 6.69. The van der Waals surface area contributed by atoms with Crippen LogP contribution in [0.15, 0.2) is 43.0 Å². The van der Waals surface area contributed by atoms with E-state index in [1.165, 1.54) is 7.11 Å². The molecule has 3 amide bonds. The smallest absolute Gasteiger partial charge is 0.407 e. The van der Waals surface area contributed by atoms with Gasteiger partial charge in [-0.15, -0.1) is 24.8 Å². The molecule has 40 heavy (non-hydrogen) atoms. The van der Waals surface area contributed by atoms with Gasteiger partial charge in [0.05, 0.1) is 25.6 Å². The number of nitrogens with two attached hydrogens (primary N) is 1. The van der Waals surface area contributed by atoms with Crippen molar-refractivity contribution in [1.29, 1.82) is 0 Å². The van der Waals surface area contributed by atoms with E-state index in [0.717, 1.165) is 11.3 Å². The van der Waals surface area contributed by atoms with Crippen molar-refractivity contribution in [3.05, 3.63) is 48.5 Å². The third-order valence-electron chi connectivity index (χ3n) is 7.05. The molecule has 1 aromatic carbocycles. The van der Waals surface area contributed by atoms with Gasteiger partial charge in [0.25, 0.3) is 0 Å². The molecule has 0 bridgehead atoms. The van der Waals surface area contributed by atoms with Gasteiger partial charge in [0.2, 0.25) is 11.8 Å². The summed E-state index contributed by atoms with van der Waals surface area (Å²) in [6.45, 7) is 7.69. The number of aliphatic hydroxyl groups excluding tert-OH is 1. The fourth-order valence-electron chi connectivity index (χ4n) is 4.78. The normalized spacial score (nSPS) is 16.4. The average Bonchev–Trinajstić information content (AvgIpc) is 3.41. The number of methoxy groups -OCH3 is 1. The molecule has 1 aromatic heterocycles. The summed E-state index contributed by atoms with van der Waals surface area (Å²) in [5, 5.41) is 16.2. The van der Waals surface area contributed by atoms with Crippen molar-refractivity contribution in [2.24, 2.45) is 11.1 Å². The van der Waals surface area contributed by atoms with Crippen LogP contribution in [0.5, 0.6) is 0 Å². The van der Waals surface area contributed by atoms with Crippen LogP contribution in [0.4, 0.5) is 10.5 Å². The summed E-state index contributed by atoms with van der Waals surface area (Å²) in [4.78, 5) is 43.7. The Hall–Kier alpha value is -2.86. The minimum absolute atomic E-state index is 0. The van der Waals surface area contributed by atoms with Gasteiger partial charge in [-0.2, -0.15) is 0 Å². The minimum atomic E-state index is -0.990. The van der Waals surface area contributed by atoms with Crippen LogP contribution in [-0.2, 0) is 26.3 Å². The summed E-state index contributed by atoms with van der Waals surface area (Å²) >= 11 is 0. The van der Waals surface area contributed by atoms with E-state index in [2.05, 4.69) is 15.6 Å². The number of carbonyl (C=O) groups is 3. The van der Waals surface area contributed by atoms with Crippen LogP contribution in [0.25, 0.3) is 0 Å². The molecule has 5 N–H and O–H groups in total. The van der Waals surface area contributed by atoms with Crippen molar-refractivity contribution < 1.29 is 24.2 Å². The zero-order chi connectivity index (χ0) is 28.1. The largest absolute Gasteiger partial charge is 0.453 e. The molecular formula is C27H42Cl2N6O5. The number of halogens is 2. The molecule has 2 heterocycles. The first kappa shape index (κ1) is 35.2. The fourth-order valence-corrected chi connectivity index (χ4v) is 4.78. The number of aliphatic hydroxyl groups is 1. The molecule has 0 fully saturated rings. The fraction of sp³-hybridized carbons (Fsp3) is 0.556. The molecule has 1 aliphatic heterocycles. The molecule has 0 spiro atoms. The second-order valence-electron chi connectivity index (χ2n) is 11.2. The molecule has 0 saturated carbocycles. The molecule has 224 valence electrons. The Morgan fingerprint density at radius 1 is 1.20 bits per heavy atom. The van der Waals surface area contributed by atoms with E-state index in [4.69, 9.17) is 10.5 Å². The third-order valence-corrected chi connectivity index (χ3v) is 7.05. The van der Waals surface area contributed by atoms with Crippen molar-refractivity contribution >= 4 is 48.4 Å². The van der Waals surface area contributed by atoms with Crippen LogP contribution >= 0.6 is 24.8 Å². The summed E-state index contributed by atoms with van der Waals surface area (Å²) in [6.07, 6.45) is 4.48. The lowest BCUT2D eigenvalue weighted by Gasteiger charge is -2.37. The molecule has 2 aromatic rings. The number of alkyl carbamates (subject to hydrolysis) is 1. The second-order valence-corrected chi connectivity index (χ2v) is 11.2. The number of fused-ring (bicyclic) bond motifs is 1. The van der Waals surface area contributed by atoms with Crippen LogP contribution in [0, 0.1) is 5.41 Å². The van der Waals surface area contributed by atoms with Gasteiger partial charge in [-0.05, 0) is 43.7 Å². The molecule has 1 aliphatic rings. The maximum Gasteiger partial charge on any atom is 0.407 e. The number of imidazole rings is 1. The van der Waals surface area contributed by atoms with Crippen molar-refractivity contribution in [2.45, 2.75) is 70.7 Å². The molecule has 11 nitrogen and oxygen atoms in total. The summed E-state index contributed by atoms with van der Waals surface area (Å²) in [6, 6.07) is 6.70. The van der Waals surface area contributed by atoms with Crippen molar-refractivity contribution in [2.75, 3.05) is 25.1 Å². The Labute approximate surface area is 248 Å². The summed E-state index contributed by atoms with van der Waals surface area (Å²) in [5.74, 6) is -0.369. The predicted molar refractivity (Wildman–Crippen MR) is 158 cm³/mol. The topological polar surface area (TPSA) is 152 Å². The average molecular weight is 602 g/mol. The summed E-state index contributed by atoms with van der Waals surface area (Å²) in [7, 11) is 1.31. The minimum Gasteiger partial charge on any atom is -0.453 e. The quantitative estimate of drug-likeness (QED) is 0.326. The number of nitrogens with one attached hydrogen (secondary N) is 2. The number of rotatable bonds is 10. The molecule has 3 rings (SSSR count). The van der Waals surface area contributed by atoms with E-state index < -0.39 is 29.2 Å². The molecular weight excluding hydrogens is 559 g/mol. The van der Waals surface area contributed by atoms with Gasteiger partial charge in [-0.3, -0.25) is 9.59 Å². The van der Waals surface area contributed by atoms with E-state index in [9.17, 15) is 19.5 Å². The third kappa shape index (κ3) is 8.82. The van der Waals surface area contributed by atoms with E-state index in [1.54, 1.807) is 42.0 Å². The van der Waals surface area contributed by atoms with Gasteiger partial charge in [0.1, 0.15) is 5.54 Å². The van der Waals surface area contributed by atoms with Crippen LogP contribution in [0.3, 0.4) is 0 Å². The Bertz CT molecular complexity index is 1130. The highest BCUT2D eigenvalue weighted by molar-refractivity contribution is 5.95. The molecule has 0 radical (unpaired) electrons. The first-order valence-corrected chi connectivity index (χ1v) is 12.8. The molecule has 0 saturated heterocycles. The van der Waals surface area contributed by atoms with Crippen molar-refractivity contribution in [3.63, 3.8) is 0 Å². The lowest BCUT2D eigenvalue weighted by atomic mass is 9.80. The number of amides is 3. The van der Waals surface area contributed by atoms with Crippen molar-refractivity contribution in [1.82, 2.24) is 20.2 Å². The maximum absolute atomic E-state index is 13.5. The SMILES string of the molecule is COC(=O)NC1Cc2ccccc2N(C(=O)CC(C)(C)C[C@H](N)[C@@H](O)CNC(=O)C(C)(C)n2ccnc2)C1.Cl.Cl. The van der Waals surface area contributed by atoms with E-state index in [0.29, 0.717) is 19.4 Å². The molecule has 13 heteroatoms. The number of nitrogens with zero attached hydrogens (tertiary/aromatic N) is 3. The standard InChI is InChI=1S/C27H40N6O5.2ClH/c1-26(2,13-20(28)22(34)15-30-24(36)27(3,4)32-11-10-29-17-32)14-23(35)33-16-19(31-25(37)38-5)12-18-8-6-7-9-21(18)33;;/h6-11,17,19-20,22,34H,12-16,28H2,1-5H3,(H,30,36)(H,31,37);2*1H/t19?,20-,22-;;/m0../s1. The predicted octanol–water partition coefficient (Wildman–Crippen LogP) is 2.39. The lowest BCUT2D eigenvalue weighted by molar-refractivity contribution is -0.129. The molecule has 3 atom stereocenters. The van der Waals surface area contributed by atoms with Crippen LogP contribution in [0.2, 0.25) is 0 Å². The highest BCUT2D eigenvalue weighted by Gasteiger charge is 2.35. The number of aromatic nitrogens is 2. The number of benzene rings is 1. The van der Waals surface area contributed by atoms with Crippen LogP contribution < -0.4 is 21.3 Å². The van der Waals surface area contributed by atoms with Gasteiger partial charge in [-0.1, -0.05) is 32.0 Å². The Kier molecular flexibility index (Phi) is 12.9.